The molecule has 1 fully saturated rings. The van der Waals surface area contributed by atoms with Crippen molar-refractivity contribution in [1.82, 2.24) is 14.8 Å². The second kappa shape index (κ2) is 6.94. The van der Waals surface area contributed by atoms with Crippen LogP contribution in [0.2, 0.25) is 5.02 Å². The minimum atomic E-state index is 0.519. The Labute approximate surface area is 130 Å². The fourth-order valence-electron chi connectivity index (χ4n) is 3.01. The van der Waals surface area contributed by atoms with E-state index in [-0.39, 0.29) is 0 Å². The summed E-state index contributed by atoms with van der Waals surface area (Å²) in [6.07, 6.45) is 12.4. The molecule has 112 valence electrons. The molecule has 2 aromatic rings. The standard InChI is InChI=1S/C16H21ClN4/c17-14-9-6-10-15(16(14)21-12-18-11-19-21)20-13-7-4-2-1-3-5-8-13/h6,9-13,20H,1-5,7-8H2. The summed E-state index contributed by atoms with van der Waals surface area (Å²) in [5, 5.41) is 8.58. The Morgan fingerprint density at radius 3 is 2.57 bits per heavy atom. The van der Waals surface area contributed by atoms with E-state index >= 15 is 0 Å². The molecule has 1 aromatic carbocycles. The lowest BCUT2D eigenvalue weighted by atomic mass is 9.96. The molecule has 1 saturated carbocycles. The highest BCUT2D eigenvalue weighted by Gasteiger charge is 2.15. The monoisotopic (exact) mass is 304 g/mol. The Hall–Kier alpha value is -1.55. The van der Waals surface area contributed by atoms with E-state index in [4.69, 9.17) is 11.6 Å². The number of hydrogen-bond donors (Lipinski definition) is 1. The van der Waals surface area contributed by atoms with Crippen molar-refractivity contribution in [1.29, 1.82) is 0 Å². The van der Waals surface area contributed by atoms with E-state index in [1.165, 1.54) is 51.3 Å². The maximum atomic E-state index is 6.37. The summed E-state index contributed by atoms with van der Waals surface area (Å²) in [6, 6.07) is 6.46. The second-order valence-corrected chi connectivity index (χ2v) is 6.07. The van der Waals surface area contributed by atoms with E-state index in [1.54, 1.807) is 11.0 Å². The van der Waals surface area contributed by atoms with Gasteiger partial charge in [0.05, 0.1) is 10.7 Å². The van der Waals surface area contributed by atoms with Gasteiger partial charge in [-0.2, -0.15) is 5.10 Å². The van der Waals surface area contributed by atoms with Crippen molar-refractivity contribution in [2.75, 3.05) is 5.32 Å². The van der Waals surface area contributed by atoms with Crippen LogP contribution in [0.15, 0.2) is 30.9 Å². The molecule has 0 aliphatic heterocycles. The number of benzene rings is 1. The fraction of sp³-hybridized carbons (Fsp3) is 0.500. The van der Waals surface area contributed by atoms with Gasteiger partial charge in [-0.3, -0.25) is 0 Å². The van der Waals surface area contributed by atoms with Gasteiger partial charge in [-0.15, -0.1) is 0 Å². The molecule has 0 unspecified atom stereocenters. The Kier molecular flexibility index (Phi) is 4.76. The van der Waals surface area contributed by atoms with Gasteiger partial charge in [-0.25, -0.2) is 9.67 Å². The van der Waals surface area contributed by atoms with Gasteiger partial charge in [-0.1, -0.05) is 49.8 Å². The number of rotatable bonds is 3. The maximum Gasteiger partial charge on any atom is 0.138 e. The largest absolute Gasteiger partial charge is 0.381 e. The van der Waals surface area contributed by atoms with Gasteiger partial charge in [0.1, 0.15) is 18.3 Å². The average Bonchev–Trinajstić information content (AvgIpc) is 2.95. The molecule has 1 N–H and O–H groups in total. The summed E-state index contributed by atoms with van der Waals surface area (Å²) in [5.74, 6) is 0. The van der Waals surface area contributed by atoms with Gasteiger partial charge in [-0.05, 0) is 25.0 Å². The van der Waals surface area contributed by atoms with Gasteiger partial charge in [0.15, 0.2) is 0 Å². The molecule has 1 heterocycles. The topological polar surface area (TPSA) is 42.7 Å². The van der Waals surface area contributed by atoms with Crippen LogP contribution in [0.4, 0.5) is 5.69 Å². The van der Waals surface area contributed by atoms with E-state index in [1.807, 2.05) is 12.1 Å². The molecular formula is C16H21ClN4. The molecule has 0 atom stereocenters. The number of nitrogens with one attached hydrogen (secondary N) is 1. The Morgan fingerprint density at radius 1 is 1.10 bits per heavy atom. The lowest BCUT2D eigenvalue weighted by Crippen LogP contribution is -2.21. The first-order valence-electron chi connectivity index (χ1n) is 7.74. The molecule has 5 heteroatoms. The molecule has 3 rings (SSSR count). The first-order chi connectivity index (χ1) is 10.3. The number of halogens is 1. The number of para-hydroxylation sites is 1. The van der Waals surface area contributed by atoms with E-state index in [2.05, 4.69) is 21.5 Å². The molecule has 0 bridgehead atoms. The van der Waals surface area contributed by atoms with Crippen LogP contribution in [-0.2, 0) is 0 Å². The lowest BCUT2D eigenvalue weighted by molar-refractivity contribution is 0.471. The van der Waals surface area contributed by atoms with Crippen LogP contribution in [-0.4, -0.2) is 20.8 Å². The van der Waals surface area contributed by atoms with Crippen LogP contribution in [0.5, 0.6) is 0 Å². The predicted octanol–water partition coefficient (Wildman–Crippen LogP) is 4.45. The second-order valence-electron chi connectivity index (χ2n) is 5.66. The van der Waals surface area contributed by atoms with E-state index in [9.17, 15) is 0 Å². The first kappa shape index (κ1) is 14.4. The third-order valence-electron chi connectivity index (χ3n) is 4.10. The Balaban J connectivity index is 1.83. The number of anilines is 1. The van der Waals surface area contributed by atoms with E-state index in [0.717, 1.165) is 11.4 Å². The molecule has 0 spiro atoms. The minimum Gasteiger partial charge on any atom is -0.381 e. The van der Waals surface area contributed by atoms with Gasteiger partial charge < -0.3 is 5.32 Å². The summed E-state index contributed by atoms with van der Waals surface area (Å²) >= 11 is 6.37. The quantitative estimate of drug-likeness (QED) is 0.911. The van der Waals surface area contributed by atoms with Gasteiger partial charge in [0.25, 0.3) is 0 Å². The van der Waals surface area contributed by atoms with Gasteiger partial charge in [0.2, 0.25) is 0 Å². The molecule has 21 heavy (non-hydrogen) atoms. The minimum absolute atomic E-state index is 0.519. The van der Waals surface area contributed by atoms with Crippen molar-refractivity contribution in [2.45, 2.75) is 51.0 Å². The smallest absolute Gasteiger partial charge is 0.138 e. The fourth-order valence-corrected chi connectivity index (χ4v) is 3.27. The van der Waals surface area contributed by atoms with Crippen molar-refractivity contribution >= 4 is 17.3 Å². The van der Waals surface area contributed by atoms with Crippen LogP contribution in [0.3, 0.4) is 0 Å². The van der Waals surface area contributed by atoms with Crippen molar-refractivity contribution < 1.29 is 0 Å². The summed E-state index contributed by atoms with van der Waals surface area (Å²) < 4.78 is 1.73. The van der Waals surface area contributed by atoms with Crippen molar-refractivity contribution in [3.8, 4) is 5.69 Å². The van der Waals surface area contributed by atoms with Crippen molar-refractivity contribution in [3.05, 3.63) is 35.9 Å². The number of aromatic nitrogens is 3. The zero-order chi connectivity index (χ0) is 14.5. The summed E-state index contributed by atoms with van der Waals surface area (Å²) in [7, 11) is 0. The van der Waals surface area contributed by atoms with Crippen LogP contribution < -0.4 is 5.32 Å². The van der Waals surface area contributed by atoms with E-state index in [0.29, 0.717) is 11.1 Å². The van der Waals surface area contributed by atoms with Crippen molar-refractivity contribution in [3.63, 3.8) is 0 Å². The number of nitrogens with zero attached hydrogens (tertiary/aromatic N) is 3. The molecule has 0 amide bonds. The summed E-state index contributed by atoms with van der Waals surface area (Å²) in [4.78, 5) is 4.02. The van der Waals surface area contributed by atoms with Crippen LogP contribution in [0.1, 0.15) is 44.9 Å². The molecule has 1 aliphatic rings. The summed E-state index contributed by atoms with van der Waals surface area (Å²) in [6.45, 7) is 0. The predicted molar refractivity (Wildman–Crippen MR) is 86.1 cm³/mol. The highest BCUT2D eigenvalue weighted by Crippen LogP contribution is 2.30. The van der Waals surface area contributed by atoms with Crippen LogP contribution >= 0.6 is 11.6 Å². The zero-order valence-electron chi connectivity index (χ0n) is 12.1. The Bertz CT molecular complexity index is 560. The SMILES string of the molecule is Clc1cccc(NC2CCCCCCC2)c1-n1cncn1. The van der Waals surface area contributed by atoms with E-state index < -0.39 is 0 Å². The molecule has 0 radical (unpaired) electrons. The van der Waals surface area contributed by atoms with Crippen molar-refractivity contribution in [2.24, 2.45) is 0 Å². The molecular weight excluding hydrogens is 284 g/mol. The third kappa shape index (κ3) is 3.56. The molecule has 0 saturated heterocycles. The average molecular weight is 305 g/mol. The molecule has 4 nitrogen and oxygen atoms in total. The highest BCUT2D eigenvalue weighted by atomic mass is 35.5. The maximum absolute atomic E-state index is 6.37. The normalized spacial score (nSPS) is 17.2. The molecule has 1 aliphatic carbocycles. The van der Waals surface area contributed by atoms with Gasteiger partial charge >= 0.3 is 0 Å². The van der Waals surface area contributed by atoms with Crippen LogP contribution in [0, 0.1) is 0 Å². The lowest BCUT2D eigenvalue weighted by Gasteiger charge is -2.23. The highest BCUT2D eigenvalue weighted by molar-refractivity contribution is 6.33. The molecule has 1 aromatic heterocycles. The van der Waals surface area contributed by atoms with Gasteiger partial charge in [0, 0.05) is 6.04 Å². The summed E-state index contributed by atoms with van der Waals surface area (Å²) in [5.41, 5.74) is 1.93. The third-order valence-corrected chi connectivity index (χ3v) is 4.40. The zero-order valence-corrected chi connectivity index (χ0v) is 12.9. The Morgan fingerprint density at radius 2 is 1.86 bits per heavy atom. The first-order valence-corrected chi connectivity index (χ1v) is 8.12. The van der Waals surface area contributed by atoms with Crippen LogP contribution in [0.25, 0.3) is 5.69 Å². The number of hydrogen-bond acceptors (Lipinski definition) is 3.